The first-order chi connectivity index (χ1) is 34.6. The van der Waals surface area contributed by atoms with Gasteiger partial charge in [0.25, 0.3) is 0 Å². The zero-order valence-electron chi connectivity index (χ0n) is 47.7. The van der Waals surface area contributed by atoms with E-state index in [1.54, 1.807) is 0 Å². The number of carbonyl (C=O) groups excluding carboxylic acids is 11. The van der Waals surface area contributed by atoms with Crippen molar-refractivity contribution in [2.75, 3.05) is 32.8 Å². The van der Waals surface area contributed by atoms with Crippen LogP contribution in [0.25, 0.3) is 0 Å². The average molecular weight is 1070 g/mol. The van der Waals surface area contributed by atoms with Crippen molar-refractivity contribution >= 4 is 65.0 Å². The van der Waals surface area contributed by atoms with Gasteiger partial charge < -0.3 is 63.6 Å². The molecule has 12 N–H and O–H groups in total. The SMILES string of the molecule is CCCCCCCC(=O)NC(C)(C)C(=O)NCC(=O)N[C@@H](CC(C)C)C(=O)NC(C)(C)C(=O)NCC(=O)NCC(=O)N[C@@H](CC(C)C)C(=O)NC(C)(C)C(=O)NCC(=O)N[C@@H](CC(C)C)C(=O)N[C@H](CO)CC(C)C. The highest BCUT2D eigenvalue weighted by Gasteiger charge is 2.36. The highest BCUT2D eigenvalue weighted by atomic mass is 16.3. The Labute approximate surface area is 445 Å². The second-order valence-corrected chi connectivity index (χ2v) is 22.7. The molecule has 0 aromatic rings. The number of aliphatic hydroxyl groups excluding tert-OH is 1. The summed E-state index contributed by atoms with van der Waals surface area (Å²) in [5.74, 6) is -7.08. The van der Waals surface area contributed by atoms with Gasteiger partial charge in [-0.3, -0.25) is 52.7 Å². The Morgan fingerprint density at radius 1 is 0.387 bits per heavy atom. The molecule has 0 heterocycles. The number of rotatable bonds is 36. The van der Waals surface area contributed by atoms with Crippen LogP contribution in [0.2, 0.25) is 0 Å². The molecular weight excluding hydrogens is 971 g/mol. The molecule has 23 nitrogen and oxygen atoms in total. The van der Waals surface area contributed by atoms with Gasteiger partial charge in [-0.05, 0) is 97.3 Å². The molecule has 0 aromatic carbocycles. The summed E-state index contributed by atoms with van der Waals surface area (Å²) in [5.41, 5.74) is -4.48. The predicted molar refractivity (Wildman–Crippen MR) is 285 cm³/mol. The number of carbonyl (C=O) groups is 11. The minimum Gasteiger partial charge on any atom is -0.394 e. The van der Waals surface area contributed by atoms with Gasteiger partial charge in [0.1, 0.15) is 34.7 Å². The summed E-state index contributed by atoms with van der Waals surface area (Å²) in [4.78, 5) is 144. The highest BCUT2D eigenvalue weighted by Crippen LogP contribution is 2.13. The lowest BCUT2D eigenvalue weighted by Gasteiger charge is -2.29. The number of unbranched alkanes of at least 4 members (excludes halogenated alkanes) is 4. The van der Waals surface area contributed by atoms with Gasteiger partial charge in [0.05, 0.1) is 38.8 Å². The van der Waals surface area contributed by atoms with Gasteiger partial charge in [-0.15, -0.1) is 0 Å². The van der Waals surface area contributed by atoms with Gasteiger partial charge in [-0.2, -0.15) is 0 Å². The molecule has 0 saturated carbocycles. The Morgan fingerprint density at radius 2 is 0.720 bits per heavy atom. The van der Waals surface area contributed by atoms with Crippen LogP contribution in [0, 0.1) is 23.7 Å². The quantitative estimate of drug-likeness (QED) is 0.0384. The first-order valence-electron chi connectivity index (χ1n) is 26.5. The Morgan fingerprint density at radius 3 is 1.08 bits per heavy atom. The van der Waals surface area contributed by atoms with E-state index in [9.17, 15) is 57.8 Å². The van der Waals surface area contributed by atoms with E-state index in [-0.39, 0.29) is 55.4 Å². The first-order valence-corrected chi connectivity index (χ1v) is 26.5. The molecule has 0 unspecified atom stereocenters. The lowest BCUT2D eigenvalue weighted by molar-refractivity contribution is -0.136. The van der Waals surface area contributed by atoms with Gasteiger partial charge in [-0.25, -0.2) is 0 Å². The van der Waals surface area contributed by atoms with Crippen LogP contribution in [0.1, 0.15) is 168 Å². The molecule has 0 rings (SSSR count). The van der Waals surface area contributed by atoms with Crippen LogP contribution in [-0.4, -0.2) is 144 Å². The second-order valence-electron chi connectivity index (χ2n) is 22.7. The third-order valence-corrected chi connectivity index (χ3v) is 11.6. The maximum absolute atomic E-state index is 13.5. The van der Waals surface area contributed by atoms with Crippen LogP contribution >= 0.6 is 0 Å². The Bertz CT molecular complexity index is 1920. The zero-order valence-corrected chi connectivity index (χ0v) is 47.7. The molecule has 0 aliphatic carbocycles. The van der Waals surface area contributed by atoms with E-state index < -0.39 is 126 Å². The maximum atomic E-state index is 13.5. The van der Waals surface area contributed by atoms with Crippen molar-refractivity contribution in [3.8, 4) is 0 Å². The molecule has 0 spiro atoms. The van der Waals surface area contributed by atoms with Crippen LogP contribution in [0.15, 0.2) is 0 Å². The summed E-state index contributed by atoms with van der Waals surface area (Å²) in [6, 6.07) is -3.67. The average Bonchev–Trinajstić information content (AvgIpc) is 3.28. The smallest absolute Gasteiger partial charge is 0.245 e. The van der Waals surface area contributed by atoms with Gasteiger partial charge >= 0.3 is 0 Å². The van der Waals surface area contributed by atoms with Crippen molar-refractivity contribution < 1.29 is 57.8 Å². The van der Waals surface area contributed by atoms with Crippen molar-refractivity contribution in [1.29, 1.82) is 0 Å². The van der Waals surface area contributed by atoms with E-state index in [0.717, 1.165) is 25.7 Å². The lowest BCUT2D eigenvalue weighted by atomic mass is 9.99. The standard InChI is InChI=1S/C52H95N11O12/c1-16-17-18-19-20-21-39(65)61-50(10,11)47(73)55-29-43(69)60-38(25-34(8)9)46(72)62-51(12,13)48(74)54-26-40(66)53-27-41(67)59-37(24-33(6)7)45(71)63-52(14,15)49(75)56-28-42(68)58-36(23-32(4)5)44(70)57-35(30-64)22-31(2)3/h31-38,64H,16-30H2,1-15H3,(H,53,66)(H,54,74)(H,55,73)(H,56,75)(H,57,70)(H,58,68)(H,59,67)(H,60,69)(H,61,65)(H,62,72)(H,63,71)/t35-,36-,37-,38-/m0/s1. The first kappa shape index (κ1) is 69.1. The van der Waals surface area contributed by atoms with Gasteiger partial charge in [0.15, 0.2) is 0 Å². The molecule has 0 aromatic heterocycles. The van der Waals surface area contributed by atoms with Gasteiger partial charge in [0.2, 0.25) is 65.0 Å². The zero-order chi connectivity index (χ0) is 57.9. The van der Waals surface area contributed by atoms with Crippen LogP contribution < -0.4 is 58.5 Å². The predicted octanol–water partition coefficient (Wildman–Crippen LogP) is 0.612. The van der Waals surface area contributed by atoms with E-state index in [0.29, 0.717) is 19.3 Å². The summed E-state index contributed by atoms with van der Waals surface area (Å²) in [6.07, 6.45) is 6.23. The minimum absolute atomic E-state index is 0.0272. The molecule has 0 aliphatic rings. The number of hydrogen-bond acceptors (Lipinski definition) is 12. The minimum atomic E-state index is -1.59. The molecule has 0 saturated heterocycles. The van der Waals surface area contributed by atoms with Crippen LogP contribution in [-0.2, 0) is 52.7 Å². The summed E-state index contributed by atoms with van der Waals surface area (Å²) < 4.78 is 0. The topological polar surface area (TPSA) is 340 Å². The van der Waals surface area contributed by atoms with E-state index in [2.05, 4.69) is 65.4 Å². The molecule has 23 heteroatoms. The van der Waals surface area contributed by atoms with E-state index in [4.69, 9.17) is 0 Å². The van der Waals surface area contributed by atoms with Crippen molar-refractivity contribution in [3.05, 3.63) is 0 Å². The monoisotopic (exact) mass is 1070 g/mol. The molecule has 4 atom stereocenters. The molecule has 0 radical (unpaired) electrons. The largest absolute Gasteiger partial charge is 0.394 e. The Kier molecular flexibility index (Phi) is 31.3. The third-order valence-electron chi connectivity index (χ3n) is 11.6. The van der Waals surface area contributed by atoms with Crippen LogP contribution in [0.4, 0.5) is 0 Å². The summed E-state index contributed by atoms with van der Waals surface area (Å²) in [5, 5.41) is 37.9. The number of aliphatic hydroxyl groups is 1. The number of amides is 11. The van der Waals surface area contributed by atoms with Crippen molar-refractivity contribution in [2.24, 2.45) is 23.7 Å². The number of hydrogen-bond donors (Lipinski definition) is 12. The summed E-state index contributed by atoms with van der Waals surface area (Å²) >= 11 is 0. The van der Waals surface area contributed by atoms with Gasteiger partial charge in [0, 0.05) is 6.42 Å². The molecule has 11 amide bonds. The summed E-state index contributed by atoms with van der Waals surface area (Å²) in [7, 11) is 0. The molecule has 0 aliphatic heterocycles. The van der Waals surface area contributed by atoms with Crippen molar-refractivity contribution in [2.45, 2.75) is 209 Å². The molecule has 0 fully saturated rings. The molecule has 0 bridgehead atoms. The van der Waals surface area contributed by atoms with E-state index >= 15 is 0 Å². The van der Waals surface area contributed by atoms with Crippen molar-refractivity contribution in [1.82, 2.24) is 58.5 Å². The molecular formula is C52H95N11O12. The fraction of sp³-hybridized carbons (Fsp3) is 0.788. The Hall–Kier alpha value is -5.87. The normalized spacial score (nSPS) is 13.4. The Balaban J connectivity index is 5.35. The van der Waals surface area contributed by atoms with Crippen molar-refractivity contribution in [3.63, 3.8) is 0 Å². The summed E-state index contributed by atoms with van der Waals surface area (Å²) in [6.45, 7) is 23.2. The van der Waals surface area contributed by atoms with E-state index in [1.807, 2.05) is 55.4 Å². The van der Waals surface area contributed by atoms with Crippen LogP contribution in [0.5, 0.6) is 0 Å². The fourth-order valence-corrected chi connectivity index (χ4v) is 7.54. The fourth-order valence-electron chi connectivity index (χ4n) is 7.54. The van der Waals surface area contributed by atoms with E-state index in [1.165, 1.54) is 41.5 Å². The molecule has 75 heavy (non-hydrogen) atoms. The highest BCUT2D eigenvalue weighted by molar-refractivity contribution is 5.98. The molecule has 430 valence electrons. The number of nitrogens with one attached hydrogen (secondary N) is 11. The lowest BCUT2D eigenvalue weighted by Crippen LogP contribution is -2.61. The maximum Gasteiger partial charge on any atom is 0.245 e. The third kappa shape index (κ3) is 29.7. The second kappa shape index (κ2) is 33.9. The van der Waals surface area contributed by atoms with Gasteiger partial charge in [-0.1, -0.05) is 88.0 Å². The van der Waals surface area contributed by atoms with Crippen LogP contribution in [0.3, 0.4) is 0 Å².